The summed E-state index contributed by atoms with van der Waals surface area (Å²) in [6.45, 7) is 1.84. The third-order valence-corrected chi connectivity index (χ3v) is 0.806. The molecule has 0 aromatic carbocycles. The van der Waals surface area contributed by atoms with Gasteiger partial charge in [-0.15, -0.1) is 0 Å². The van der Waals surface area contributed by atoms with Crippen molar-refractivity contribution in [2.45, 2.75) is 6.92 Å². The van der Waals surface area contributed by atoms with Crippen LogP contribution in [0.25, 0.3) is 0 Å². The highest BCUT2D eigenvalue weighted by Crippen LogP contribution is 2.05. The van der Waals surface area contributed by atoms with Crippen molar-refractivity contribution >= 4 is 12.8 Å². The van der Waals surface area contributed by atoms with Gasteiger partial charge in [-0.3, -0.25) is 5.43 Å². The fourth-order valence-electron chi connectivity index (χ4n) is 0.335. The molecule has 40 valence electrons. The molecule has 1 rings (SSSR count). The van der Waals surface area contributed by atoms with E-state index in [1.54, 1.807) is 6.20 Å². The van der Waals surface area contributed by atoms with Crippen molar-refractivity contribution < 1.29 is 4.84 Å². The fraction of sp³-hybridized carbons (Fsp3) is 0.333. The Labute approximate surface area is 47.4 Å². The normalized spacial score (nSPS) is 20.6. The molecule has 0 amide bonds. The smallest absolute Gasteiger partial charge is 0.142 e. The first-order chi connectivity index (χ1) is 3.29. The molecule has 0 bridgehead atoms. The second-order valence-electron chi connectivity index (χ2n) is 1.25. The minimum Gasteiger partial charge on any atom is -0.379 e. The summed E-state index contributed by atoms with van der Waals surface area (Å²) in [4.78, 5) is 4.81. The Morgan fingerprint density at radius 3 is 2.86 bits per heavy atom. The van der Waals surface area contributed by atoms with Crippen molar-refractivity contribution in [3.63, 3.8) is 0 Å². The minimum absolute atomic E-state index is 0.815. The summed E-state index contributed by atoms with van der Waals surface area (Å²) >= 11 is 3.80. The van der Waals surface area contributed by atoms with E-state index in [4.69, 9.17) is 4.84 Å². The molecule has 0 unspecified atom stereocenters. The molecule has 0 saturated carbocycles. The predicted octanol–water partition coefficient (Wildman–Crippen LogP) is 0.444. The molecule has 0 aromatic heterocycles. The molecular formula is C3H6N2OS. The van der Waals surface area contributed by atoms with Crippen molar-refractivity contribution in [2.75, 3.05) is 0 Å². The van der Waals surface area contributed by atoms with E-state index in [2.05, 4.69) is 18.2 Å². The standard InChI is InChI=1S/C3H6N2OS/c1-3-2-4-5(7)6-3/h2,4,7H,1H3. The highest BCUT2D eigenvalue weighted by molar-refractivity contribution is 7.77. The van der Waals surface area contributed by atoms with Gasteiger partial charge in [0.2, 0.25) is 0 Å². The van der Waals surface area contributed by atoms with Gasteiger partial charge in [-0.25, -0.2) is 0 Å². The van der Waals surface area contributed by atoms with Crippen molar-refractivity contribution in [1.29, 1.82) is 0 Å². The van der Waals surface area contributed by atoms with Crippen LogP contribution in [0.3, 0.4) is 0 Å². The van der Waals surface area contributed by atoms with E-state index in [9.17, 15) is 0 Å². The highest BCUT2D eigenvalue weighted by Gasteiger charge is 2.03. The zero-order chi connectivity index (χ0) is 5.28. The number of hydrogen-bond acceptors (Lipinski definition) is 4. The number of hydrazine groups is 1. The van der Waals surface area contributed by atoms with Gasteiger partial charge in [0.05, 0.1) is 6.20 Å². The Morgan fingerprint density at radius 2 is 2.71 bits per heavy atom. The van der Waals surface area contributed by atoms with Crippen LogP contribution in [0.4, 0.5) is 0 Å². The Hall–Kier alpha value is -0.350. The van der Waals surface area contributed by atoms with E-state index in [1.807, 2.05) is 6.92 Å². The maximum atomic E-state index is 4.81. The summed E-state index contributed by atoms with van der Waals surface area (Å²) in [7, 11) is 0. The van der Waals surface area contributed by atoms with Crippen LogP contribution in [0, 0.1) is 0 Å². The molecular weight excluding hydrogens is 112 g/mol. The summed E-state index contributed by atoms with van der Waals surface area (Å²) in [5.74, 6) is 0.815. The molecule has 1 heterocycles. The van der Waals surface area contributed by atoms with Crippen LogP contribution in [0.5, 0.6) is 0 Å². The van der Waals surface area contributed by atoms with Gasteiger partial charge in [0.15, 0.2) is 0 Å². The summed E-state index contributed by atoms with van der Waals surface area (Å²) in [5, 5.41) is 0. The van der Waals surface area contributed by atoms with Crippen LogP contribution in [-0.4, -0.2) is 4.58 Å². The van der Waals surface area contributed by atoms with Crippen LogP contribution >= 0.6 is 12.8 Å². The van der Waals surface area contributed by atoms with Crippen molar-refractivity contribution in [3.8, 4) is 0 Å². The SMILES string of the molecule is CC1=CNN(S)O1. The van der Waals surface area contributed by atoms with Crippen LogP contribution in [0.1, 0.15) is 6.92 Å². The quantitative estimate of drug-likeness (QED) is 0.451. The van der Waals surface area contributed by atoms with E-state index in [1.165, 1.54) is 4.58 Å². The molecule has 1 aliphatic heterocycles. The molecule has 0 radical (unpaired) electrons. The molecule has 1 N–H and O–H groups in total. The average molecular weight is 118 g/mol. The van der Waals surface area contributed by atoms with Gasteiger partial charge >= 0.3 is 0 Å². The monoisotopic (exact) mass is 118 g/mol. The molecule has 0 aliphatic carbocycles. The number of rotatable bonds is 0. The molecule has 7 heavy (non-hydrogen) atoms. The topological polar surface area (TPSA) is 24.5 Å². The van der Waals surface area contributed by atoms with Gasteiger partial charge in [0, 0.05) is 4.58 Å². The van der Waals surface area contributed by atoms with E-state index in [0.29, 0.717) is 0 Å². The van der Waals surface area contributed by atoms with Crippen LogP contribution in [0.15, 0.2) is 12.0 Å². The Morgan fingerprint density at radius 1 is 2.00 bits per heavy atom. The maximum Gasteiger partial charge on any atom is 0.142 e. The lowest BCUT2D eigenvalue weighted by Crippen LogP contribution is -2.16. The van der Waals surface area contributed by atoms with E-state index in [0.717, 1.165) is 5.76 Å². The number of allylic oxidation sites excluding steroid dienone is 1. The average Bonchev–Trinajstić information content (AvgIpc) is 1.87. The summed E-state index contributed by atoms with van der Waals surface area (Å²) in [6, 6.07) is 0. The number of thiol groups is 1. The molecule has 3 nitrogen and oxygen atoms in total. The Bertz CT molecular complexity index is 103. The molecule has 4 heteroatoms. The first-order valence-electron chi connectivity index (χ1n) is 1.89. The van der Waals surface area contributed by atoms with E-state index >= 15 is 0 Å². The number of nitrogens with one attached hydrogen (secondary N) is 1. The van der Waals surface area contributed by atoms with Gasteiger partial charge < -0.3 is 4.84 Å². The van der Waals surface area contributed by atoms with Crippen molar-refractivity contribution in [3.05, 3.63) is 12.0 Å². The first-order valence-corrected chi connectivity index (χ1v) is 2.29. The fourth-order valence-corrected chi connectivity index (χ4v) is 0.522. The van der Waals surface area contributed by atoms with Crippen molar-refractivity contribution in [1.82, 2.24) is 10.0 Å². The van der Waals surface area contributed by atoms with Crippen LogP contribution in [0.2, 0.25) is 0 Å². The lowest BCUT2D eigenvalue weighted by Gasteiger charge is -2.03. The number of nitrogens with zero attached hydrogens (tertiary/aromatic N) is 1. The largest absolute Gasteiger partial charge is 0.379 e. The molecule has 0 saturated heterocycles. The zero-order valence-electron chi connectivity index (χ0n) is 3.88. The first kappa shape index (κ1) is 4.80. The summed E-state index contributed by atoms with van der Waals surface area (Å²) in [6.07, 6.45) is 1.72. The van der Waals surface area contributed by atoms with E-state index in [-0.39, 0.29) is 0 Å². The van der Waals surface area contributed by atoms with Crippen molar-refractivity contribution in [2.24, 2.45) is 0 Å². The molecule has 0 aromatic rings. The second kappa shape index (κ2) is 1.63. The van der Waals surface area contributed by atoms with Crippen LogP contribution < -0.4 is 5.43 Å². The lowest BCUT2D eigenvalue weighted by molar-refractivity contribution is -0.0227. The molecule has 0 spiro atoms. The molecule has 0 fully saturated rings. The van der Waals surface area contributed by atoms with Gasteiger partial charge in [0.1, 0.15) is 5.76 Å². The van der Waals surface area contributed by atoms with Gasteiger partial charge in [-0.05, 0) is 19.7 Å². The third kappa shape index (κ3) is 1.01. The van der Waals surface area contributed by atoms with Gasteiger partial charge in [0.25, 0.3) is 0 Å². The van der Waals surface area contributed by atoms with Gasteiger partial charge in [-0.1, -0.05) is 0 Å². The third-order valence-electron chi connectivity index (χ3n) is 0.609. The summed E-state index contributed by atoms with van der Waals surface area (Å²) in [5.41, 5.74) is 2.68. The predicted molar refractivity (Wildman–Crippen MR) is 28.8 cm³/mol. The van der Waals surface area contributed by atoms with E-state index < -0.39 is 0 Å². The molecule has 0 atom stereocenters. The second-order valence-corrected chi connectivity index (χ2v) is 1.61. The minimum atomic E-state index is 0.815. The Balaban J connectivity index is 2.42. The Kier molecular flexibility index (Phi) is 1.12. The zero-order valence-corrected chi connectivity index (χ0v) is 4.77. The summed E-state index contributed by atoms with van der Waals surface area (Å²) < 4.78 is 1.23. The van der Waals surface area contributed by atoms with Crippen LogP contribution in [-0.2, 0) is 4.84 Å². The highest BCUT2D eigenvalue weighted by atomic mass is 32.1. The lowest BCUT2D eigenvalue weighted by atomic mass is 10.6. The molecule has 1 aliphatic rings. The maximum absolute atomic E-state index is 4.81. The number of hydrogen-bond donors (Lipinski definition) is 2. The van der Waals surface area contributed by atoms with Gasteiger partial charge in [-0.2, -0.15) is 0 Å².